The van der Waals surface area contributed by atoms with Crippen LogP contribution in [0.4, 0.5) is 0 Å². The van der Waals surface area contributed by atoms with Gasteiger partial charge in [-0.05, 0) is 19.1 Å². The summed E-state index contributed by atoms with van der Waals surface area (Å²) >= 11 is 1.94. The maximum atomic E-state index is 3.55. The fourth-order valence-corrected chi connectivity index (χ4v) is 1.29. The molecule has 1 saturated carbocycles. The van der Waals surface area contributed by atoms with Crippen LogP contribution >= 0.6 is 11.8 Å². The van der Waals surface area contributed by atoms with Gasteiger partial charge in [0.15, 0.2) is 0 Å². The van der Waals surface area contributed by atoms with E-state index in [9.17, 15) is 0 Å². The lowest BCUT2D eigenvalue weighted by Gasteiger charge is -2.27. The molecule has 0 aromatic rings. The van der Waals surface area contributed by atoms with E-state index < -0.39 is 0 Å². The molecule has 10 heavy (non-hydrogen) atoms. The quantitative estimate of drug-likeness (QED) is 0.672. The average Bonchev–Trinajstić information content (AvgIpc) is 1.84. The molecule has 1 aliphatic carbocycles. The van der Waals surface area contributed by atoms with Crippen molar-refractivity contribution < 1.29 is 0 Å². The molecule has 0 aromatic carbocycles. The van der Waals surface area contributed by atoms with E-state index in [1.165, 1.54) is 25.8 Å². The van der Waals surface area contributed by atoms with Crippen LogP contribution in [-0.2, 0) is 0 Å². The smallest absolute Gasteiger partial charge is 0.0141 e. The summed E-state index contributed by atoms with van der Waals surface area (Å²) in [5, 5.41) is 4.33. The number of hydrogen-bond acceptors (Lipinski definition) is 2. The zero-order valence-electron chi connectivity index (χ0n) is 6.89. The van der Waals surface area contributed by atoms with E-state index in [4.69, 9.17) is 0 Å². The van der Waals surface area contributed by atoms with Crippen molar-refractivity contribution in [2.75, 3.05) is 12.8 Å². The van der Waals surface area contributed by atoms with Crippen molar-refractivity contribution in [3.05, 3.63) is 0 Å². The minimum absolute atomic E-state index is 0.778. The highest BCUT2D eigenvalue weighted by Crippen LogP contribution is 2.18. The lowest BCUT2D eigenvalue weighted by atomic mass is 9.93. The molecule has 2 heteroatoms. The lowest BCUT2D eigenvalue weighted by Crippen LogP contribution is -2.38. The second-order valence-electron chi connectivity index (χ2n) is 3.08. The molecule has 0 heterocycles. The Labute approximate surface area is 68.0 Å². The van der Waals surface area contributed by atoms with Gasteiger partial charge in [0.25, 0.3) is 0 Å². The first kappa shape index (κ1) is 8.41. The summed E-state index contributed by atoms with van der Waals surface area (Å²) in [5.41, 5.74) is 0. The van der Waals surface area contributed by atoms with Crippen molar-refractivity contribution in [1.29, 1.82) is 0 Å². The zero-order valence-corrected chi connectivity index (χ0v) is 7.71. The summed E-state index contributed by atoms with van der Waals surface area (Å²) in [6.45, 7) is 3.46. The minimum atomic E-state index is 0.778. The molecule has 0 aliphatic heterocycles. The maximum absolute atomic E-state index is 3.55. The number of nitrogens with one attached hydrogen (secondary N) is 1. The molecule has 1 atom stereocenters. The highest BCUT2D eigenvalue weighted by atomic mass is 32.2. The third-order valence-electron chi connectivity index (χ3n) is 2.20. The molecule has 0 bridgehead atoms. The van der Waals surface area contributed by atoms with Crippen molar-refractivity contribution in [3.8, 4) is 0 Å². The van der Waals surface area contributed by atoms with Gasteiger partial charge in [0.05, 0.1) is 0 Å². The van der Waals surface area contributed by atoms with Gasteiger partial charge in [-0.15, -0.1) is 0 Å². The molecule has 1 nitrogen and oxygen atoms in total. The van der Waals surface area contributed by atoms with E-state index in [2.05, 4.69) is 18.5 Å². The molecule has 0 amide bonds. The maximum Gasteiger partial charge on any atom is 0.0141 e. The van der Waals surface area contributed by atoms with E-state index >= 15 is 0 Å². The van der Waals surface area contributed by atoms with E-state index in [1.54, 1.807) is 0 Å². The van der Waals surface area contributed by atoms with Crippen LogP contribution in [0.2, 0.25) is 0 Å². The summed E-state index contributed by atoms with van der Waals surface area (Å²) in [6.07, 6.45) is 6.42. The summed E-state index contributed by atoms with van der Waals surface area (Å²) in [6, 6.07) is 0.856. The van der Waals surface area contributed by atoms with Gasteiger partial charge in [0.1, 0.15) is 0 Å². The first-order chi connectivity index (χ1) is 4.83. The Hall–Kier alpha value is 0.310. The van der Waals surface area contributed by atoms with E-state index in [1.807, 2.05) is 11.8 Å². The van der Waals surface area contributed by atoms with Gasteiger partial charge < -0.3 is 5.32 Å². The predicted octanol–water partition coefficient (Wildman–Crippen LogP) is 1.88. The van der Waals surface area contributed by atoms with Gasteiger partial charge >= 0.3 is 0 Å². The van der Waals surface area contributed by atoms with E-state index in [-0.39, 0.29) is 0 Å². The fourth-order valence-electron chi connectivity index (χ4n) is 1.03. The normalized spacial score (nSPS) is 22.2. The van der Waals surface area contributed by atoms with Gasteiger partial charge in [-0.1, -0.05) is 13.3 Å². The van der Waals surface area contributed by atoms with Crippen LogP contribution in [0.1, 0.15) is 26.2 Å². The molecule has 0 spiro atoms. The molecule has 0 saturated heterocycles. The Morgan fingerprint density at radius 3 is 2.70 bits per heavy atom. The molecule has 60 valence electrons. The van der Waals surface area contributed by atoms with Crippen LogP contribution in [0.15, 0.2) is 0 Å². The standard InChI is InChI=1S/C8H17NS/c1-7(10-2)6-9-8-4-3-5-8/h7-9H,3-6H2,1-2H3. The predicted molar refractivity (Wildman–Crippen MR) is 48.6 cm³/mol. The third-order valence-corrected chi connectivity index (χ3v) is 3.17. The van der Waals surface area contributed by atoms with Gasteiger partial charge in [-0.2, -0.15) is 11.8 Å². The van der Waals surface area contributed by atoms with Gasteiger partial charge in [0, 0.05) is 17.8 Å². The van der Waals surface area contributed by atoms with Crippen molar-refractivity contribution >= 4 is 11.8 Å². The first-order valence-electron chi connectivity index (χ1n) is 4.09. The van der Waals surface area contributed by atoms with Crippen LogP contribution in [-0.4, -0.2) is 24.1 Å². The lowest BCUT2D eigenvalue weighted by molar-refractivity contribution is 0.342. The summed E-state index contributed by atoms with van der Waals surface area (Å²) < 4.78 is 0. The second-order valence-corrected chi connectivity index (χ2v) is 4.36. The fraction of sp³-hybridized carbons (Fsp3) is 1.00. The third kappa shape index (κ3) is 2.51. The Kier molecular flexibility index (Phi) is 3.57. The monoisotopic (exact) mass is 159 g/mol. The Balaban J connectivity index is 1.93. The molecular formula is C8H17NS. The number of thioether (sulfide) groups is 1. The van der Waals surface area contributed by atoms with Gasteiger partial charge in [-0.25, -0.2) is 0 Å². The molecule has 1 unspecified atom stereocenters. The topological polar surface area (TPSA) is 12.0 Å². The van der Waals surface area contributed by atoms with Crippen LogP contribution in [0.25, 0.3) is 0 Å². The van der Waals surface area contributed by atoms with Crippen molar-refractivity contribution in [2.45, 2.75) is 37.5 Å². The highest BCUT2D eigenvalue weighted by molar-refractivity contribution is 7.99. The summed E-state index contributed by atoms with van der Waals surface area (Å²) in [4.78, 5) is 0. The Morgan fingerprint density at radius 2 is 2.30 bits per heavy atom. The van der Waals surface area contributed by atoms with Crippen LogP contribution < -0.4 is 5.32 Å². The van der Waals surface area contributed by atoms with Crippen molar-refractivity contribution in [3.63, 3.8) is 0 Å². The van der Waals surface area contributed by atoms with Crippen LogP contribution in [0.5, 0.6) is 0 Å². The zero-order chi connectivity index (χ0) is 7.40. The van der Waals surface area contributed by atoms with Crippen LogP contribution in [0, 0.1) is 0 Å². The minimum Gasteiger partial charge on any atom is -0.313 e. The van der Waals surface area contributed by atoms with Gasteiger partial charge in [-0.3, -0.25) is 0 Å². The first-order valence-corrected chi connectivity index (χ1v) is 5.38. The summed E-state index contributed by atoms with van der Waals surface area (Å²) in [5.74, 6) is 0. The SMILES string of the molecule is CSC(C)CNC1CCC1. The van der Waals surface area contributed by atoms with Gasteiger partial charge in [0.2, 0.25) is 0 Å². The number of hydrogen-bond donors (Lipinski definition) is 1. The van der Waals surface area contributed by atoms with E-state index in [0.717, 1.165) is 11.3 Å². The summed E-state index contributed by atoms with van der Waals surface area (Å²) in [7, 11) is 0. The molecule has 1 N–H and O–H groups in total. The van der Waals surface area contributed by atoms with E-state index in [0.29, 0.717) is 0 Å². The number of rotatable bonds is 4. The molecule has 1 fully saturated rings. The molecule has 1 rings (SSSR count). The highest BCUT2D eigenvalue weighted by Gasteiger charge is 2.16. The average molecular weight is 159 g/mol. The van der Waals surface area contributed by atoms with Crippen LogP contribution in [0.3, 0.4) is 0 Å². The molecular weight excluding hydrogens is 142 g/mol. The molecule has 0 aromatic heterocycles. The largest absolute Gasteiger partial charge is 0.313 e. The Bertz CT molecular complexity index is 86.5. The molecule has 1 aliphatic rings. The second kappa shape index (κ2) is 4.24. The van der Waals surface area contributed by atoms with Crippen molar-refractivity contribution in [1.82, 2.24) is 5.32 Å². The molecule has 0 radical (unpaired) electrons. The van der Waals surface area contributed by atoms with Crippen molar-refractivity contribution in [2.24, 2.45) is 0 Å². The Morgan fingerprint density at radius 1 is 1.60 bits per heavy atom.